The molecule has 0 unspecified atom stereocenters. The SMILES string of the molecule is COC(=O)c1ccc(=O)[nH]c1-c1ccc(F)cc1. The summed E-state index contributed by atoms with van der Waals surface area (Å²) in [5, 5.41) is 0. The summed E-state index contributed by atoms with van der Waals surface area (Å²) in [5.41, 5.74) is 0.731. The van der Waals surface area contributed by atoms with Crippen molar-refractivity contribution >= 4 is 5.97 Å². The Balaban J connectivity index is 2.61. The molecule has 0 saturated heterocycles. The third-order valence-corrected chi connectivity index (χ3v) is 2.46. The predicted molar refractivity (Wildman–Crippen MR) is 63.8 cm³/mol. The van der Waals surface area contributed by atoms with Crippen molar-refractivity contribution in [2.24, 2.45) is 0 Å². The maximum absolute atomic E-state index is 12.8. The molecule has 0 amide bonds. The zero-order valence-electron chi connectivity index (χ0n) is 9.57. The van der Waals surface area contributed by atoms with Crippen LogP contribution in [0.3, 0.4) is 0 Å². The van der Waals surface area contributed by atoms with Crippen molar-refractivity contribution in [3.8, 4) is 11.3 Å². The number of esters is 1. The van der Waals surface area contributed by atoms with Crippen LogP contribution in [-0.2, 0) is 4.74 Å². The molecule has 1 N–H and O–H groups in total. The lowest BCUT2D eigenvalue weighted by atomic mass is 10.1. The molecule has 5 heteroatoms. The molecule has 0 atom stereocenters. The number of aromatic nitrogens is 1. The molecule has 1 aromatic heterocycles. The number of nitrogens with one attached hydrogen (secondary N) is 1. The number of halogens is 1. The number of carbonyl (C=O) groups excluding carboxylic acids is 1. The van der Waals surface area contributed by atoms with Crippen LogP contribution in [0.25, 0.3) is 11.3 Å². The van der Waals surface area contributed by atoms with Gasteiger partial charge in [0.05, 0.1) is 18.4 Å². The van der Waals surface area contributed by atoms with Crippen LogP contribution in [0.15, 0.2) is 41.2 Å². The number of rotatable bonds is 2. The molecule has 0 bridgehead atoms. The Hall–Kier alpha value is -2.43. The normalized spacial score (nSPS) is 10.1. The molecular formula is C13H10FNO3. The van der Waals surface area contributed by atoms with Crippen molar-refractivity contribution in [2.75, 3.05) is 7.11 Å². The standard InChI is InChI=1S/C13H10FNO3/c1-18-13(17)10-6-7-11(16)15-12(10)8-2-4-9(14)5-3-8/h2-7H,1H3,(H,15,16). The Morgan fingerprint density at radius 2 is 1.83 bits per heavy atom. The van der Waals surface area contributed by atoms with Gasteiger partial charge >= 0.3 is 5.97 Å². The molecule has 0 radical (unpaired) electrons. The van der Waals surface area contributed by atoms with Gasteiger partial charge in [-0.25, -0.2) is 9.18 Å². The molecule has 1 aromatic carbocycles. The molecule has 0 aliphatic heterocycles. The van der Waals surface area contributed by atoms with Gasteiger partial charge < -0.3 is 9.72 Å². The van der Waals surface area contributed by atoms with Gasteiger partial charge in [0, 0.05) is 6.07 Å². The molecule has 1 heterocycles. The van der Waals surface area contributed by atoms with Gasteiger partial charge in [-0.2, -0.15) is 0 Å². The van der Waals surface area contributed by atoms with Crippen LogP contribution in [0.1, 0.15) is 10.4 Å². The van der Waals surface area contributed by atoms with Crippen LogP contribution in [-0.4, -0.2) is 18.1 Å². The van der Waals surface area contributed by atoms with Crippen molar-refractivity contribution < 1.29 is 13.9 Å². The molecule has 0 fully saturated rings. The predicted octanol–water partition coefficient (Wildman–Crippen LogP) is 1.97. The molecule has 2 aromatic rings. The number of hydrogen-bond acceptors (Lipinski definition) is 3. The van der Waals surface area contributed by atoms with Gasteiger partial charge in [0.15, 0.2) is 0 Å². The highest BCUT2D eigenvalue weighted by molar-refractivity contribution is 5.95. The van der Waals surface area contributed by atoms with Crippen molar-refractivity contribution in [3.05, 3.63) is 58.1 Å². The van der Waals surface area contributed by atoms with E-state index in [1.807, 2.05) is 0 Å². The molecule has 4 nitrogen and oxygen atoms in total. The third-order valence-electron chi connectivity index (χ3n) is 2.46. The molecule has 0 aliphatic carbocycles. The van der Waals surface area contributed by atoms with Gasteiger partial charge in [-0.05, 0) is 35.9 Å². The molecular weight excluding hydrogens is 237 g/mol. The van der Waals surface area contributed by atoms with Crippen molar-refractivity contribution in [2.45, 2.75) is 0 Å². The summed E-state index contributed by atoms with van der Waals surface area (Å²) in [5.74, 6) is -0.956. The van der Waals surface area contributed by atoms with E-state index in [1.165, 1.54) is 43.5 Å². The maximum Gasteiger partial charge on any atom is 0.340 e. The summed E-state index contributed by atoms with van der Waals surface area (Å²) in [6.45, 7) is 0. The van der Waals surface area contributed by atoms with E-state index in [1.54, 1.807) is 0 Å². The smallest absolute Gasteiger partial charge is 0.340 e. The van der Waals surface area contributed by atoms with Gasteiger partial charge in [0.2, 0.25) is 5.56 Å². The highest BCUT2D eigenvalue weighted by atomic mass is 19.1. The molecule has 0 spiro atoms. The fourth-order valence-electron chi connectivity index (χ4n) is 1.60. The third kappa shape index (κ3) is 2.29. The van der Waals surface area contributed by atoms with Crippen LogP contribution in [0.2, 0.25) is 0 Å². The number of H-pyrrole nitrogens is 1. The van der Waals surface area contributed by atoms with E-state index in [-0.39, 0.29) is 11.1 Å². The fraction of sp³-hybridized carbons (Fsp3) is 0.0769. The Bertz CT molecular complexity index is 631. The van der Waals surface area contributed by atoms with Gasteiger partial charge in [-0.1, -0.05) is 0 Å². The first kappa shape index (κ1) is 12.0. The monoisotopic (exact) mass is 247 g/mol. The van der Waals surface area contributed by atoms with E-state index < -0.39 is 11.8 Å². The number of ether oxygens (including phenoxy) is 1. The number of hydrogen-bond donors (Lipinski definition) is 1. The second kappa shape index (κ2) is 4.83. The Kier molecular flexibility index (Phi) is 3.23. The quantitative estimate of drug-likeness (QED) is 0.825. The number of pyridine rings is 1. The van der Waals surface area contributed by atoms with E-state index in [9.17, 15) is 14.0 Å². The number of aromatic amines is 1. The lowest BCUT2D eigenvalue weighted by Crippen LogP contribution is -2.12. The topological polar surface area (TPSA) is 59.2 Å². The average molecular weight is 247 g/mol. The fourth-order valence-corrected chi connectivity index (χ4v) is 1.60. The molecule has 2 rings (SSSR count). The Morgan fingerprint density at radius 1 is 1.17 bits per heavy atom. The molecule has 0 aliphatic rings. The summed E-state index contributed by atoms with van der Waals surface area (Å²) >= 11 is 0. The van der Waals surface area contributed by atoms with Gasteiger partial charge in [-0.15, -0.1) is 0 Å². The number of benzene rings is 1. The molecule has 18 heavy (non-hydrogen) atoms. The van der Waals surface area contributed by atoms with E-state index in [4.69, 9.17) is 0 Å². The number of methoxy groups -OCH3 is 1. The van der Waals surface area contributed by atoms with Crippen molar-refractivity contribution in [1.29, 1.82) is 0 Å². The first-order chi connectivity index (χ1) is 8.61. The summed E-state index contributed by atoms with van der Waals surface area (Å²) in [6, 6.07) is 8.08. The van der Waals surface area contributed by atoms with Crippen LogP contribution < -0.4 is 5.56 Å². The first-order valence-corrected chi connectivity index (χ1v) is 5.19. The lowest BCUT2D eigenvalue weighted by molar-refractivity contribution is 0.0601. The van der Waals surface area contributed by atoms with Crippen LogP contribution in [0.5, 0.6) is 0 Å². The summed E-state index contributed by atoms with van der Waals surface area (Å²) in [7, 11) is 1.25. The average Bonchev–Trinajstić information content (AvgIpc) is 2.38. The summed E-state index contributed by atoms with van der Waals surface area (Å²) < 4.78 is 17.5. The summed E-state index contributed by atoms with van der Waals surface area (Å²) in [6.07, 6.45) is 0. The Labute approximate surface area is 102 Å². The van der Waals surface area contributed by atoms with E-state index in [0.717, 1.165) is 0 Å². The number of carbonyl (C=O) groups is 1. The van der Waals surface area contributed by atoms with E-state index >= 15 is 0 Å². The van der Waals surface area contributed by atoms with Crippen LogP contribution in [0.4, 0.5) is 4.39 Å². The molecule has 92 valence electrons. The largest absolute Gasteiger partial charge is 0.465 e. The highest BCUT2D eigenvalue weighted by Crippen LogP contribution is 2.20. The van der Waals surface area contributed by atoms with Crippen LogP contribution in [0, 0.1) is 5.82 Å². The minimum absolute atomic E-state index is 0.226. The second-order valence-electron chi connectivity index (χ2n) is 3.61. The van der Waals surface area contributed by atoms with Gasteiger partial charge in [0.1, 0.15) is 5.82 Å². The van der Waals surface area contributed by atoms with Gasteiger partial charge in [-0.3, -0.25) is 4.79 Å². The maximum atomic E-state index is 12.8. The van der Waals surface area contributed by atoms with E-state index in [0.29, 0.717) is 11.3 Å². The van der Waals surface area contributed by atoms with Gasteiger partial charge in [0.25, 0.3) is 0 Å². The van der Waals surface area contributed by atoms with Crippen LogP contribution >= 0.6 is 0 Å². The zero-order chi connectivity index (χ0) is 13.1. The highest BCUT2D eigenvalue weighted by Gasteiger charge is 2.14. The summed E-state index contributed by atoms with van der Waals surface area (Å²) in [4.78, 5) is 25.4. The van der Waals surface area contributed by atoms with Crippen molar-refractivity contribution in [3.63, 3.8) is 0 Å². The lowest BCUT2D eigenvalue weighted by Gasteiger charge is -2.07. The second-order valence-corrected chi connectivity index (χ2v) is 3.61. The van der Waals surface area contributed by atoms with Crippen molar-refractivity contribution in [1.82, 2.24) is 4.98 Å². The molecule has 0 saturated carbocycles. The zero-order valence-corrected chi connectivity index (χ0v) is 9.57. The van der Waals surface area contributed by atoms with E-state index in [2.05, 4.69) is 9.72 Å². The Morgan fingerprint density at radius 3 is 2.44 bits per heavy atom. The minimum atomic E-state index is -0.564. The first-order valence-electron chi connectivity index (χ1n) is 5.19. The minimum Gasteiger partial charge on any atom is -0.465 e.